The molecule has 0 saturated carbocycles. The molecule has 0 spiro atoms. The van der Waals surface area contributed by atoms with Crippen molar-refractivity contribution >= 4 is 17.7 Å². The predicted octanol–water partition coefficient (Wildman–Crippen LogP) is 3.35. The van der Waals surface area contributed by atoms with Crippen LogP contribution in [0.2, 0.25) is 0 Å². The van der Waals surface area contributed by atoms with Crippen LogP contribution in [0.5, 0.6) is 0 Å². The third kappa shape index (κ3) is 4.37. The highest BCUT2D eigenvalue weighted by Gasteiger charge is 2.43. The Hall–Kier alpha value is -2.25. The Labute approximate surface area is 118 Å². The minimum atomic E-state index is -4.41. The number of aliphatic carboxylic acids is 1. The number of halogens is 3. The lowest BCUT2D eigenvalue weighted by Gasteiger charge is -2.20. The second-order valence-electron chi connectivity index (χ2n) is 5.20. The van der Waals surface area contributed by atoms with Crippen LogP contribution in [-0.2, 0) is 15.5 Å². The van der Waals surface area contributed by atoms with Gasteiger partial charge in [-0.15, -0.1) is 0 Å². The molecule has 0 saturated heterocycles. The third-order valence-corrected chi connectivity index (χ3v) is 2.22. The number of amides is 1. The third-order valence-electron chi connectivity index (χ3n) is 2.22. The quantitative estimate of drug-likeness (QED) is 0.898. The molecule has 0 aliphatic carbocycles. The largest absolute Gasteiger partial charge is 0.477 e. The Morgan fingerprint density at radius 1 is 1.24 bits per heavy atom. The number of carboxylic acids is 1. The highest BCUT2D eigenvalue weighted by atomic mass is 19.3. The fourth-order valence-corrected chi connectivity index (χ4v) is 1.38. The molecule has 1 aromatic carbocycles. The number of nitrogens with one attached hydrogen (secondary N) is 1. The van der Waals surface area contributed by atoms with E-state index < -0.39 is 35.0 Å². The van der Waals surface area contributed by atoms with Gasteiger partial charge in [0.15, 0.2) is 0 Å². The number of hydrogen-bond donors (Lipinski definition) is 2. The van der Waals surface area contributed by atoms with Crippen LogP contribution in [0.1, 0.15) is 26.3 Å². The van der Waals surface area contributed by atoms with Gasteiger partial charge in [0.1, 0.15) is 11.4 Å². The van der Waals surface area contributed by atoms with Crippen LogP contribution in [0.4, 0.5) is 23.7 Å². The van der Waals surface area contributed by atoms with E-state index in [-0.39, 0.29) is 5.69 Å². The SMILES string of the molecule is CC(C)(C)OC(=O)Nc1ccc(F)c(C(F)(F)C(=O)O)c1. The van der Waals surface area contributed by atoms with Gasteiger partial charge in [-0.05, 0) is 39.0 Å². The fourth-order valence-electron chi connectivity index (χ4n) is 1.38. The van der Waals surface area contributed by atoms with Crippen molar-refractivity contribution in [3.8, 4) is 0 Å². The summed E-state index contributed by atoms with van der Waals surface area (Å²) in [6.45, 7) is 4.80. The molecule has 0 heterocycles. The van der Waals surface area contributed by atoms with Crippen molar-refractivity contribution in [2.24, 2.45) is 0 Å². The maximum atomic E-state index is 13.3. The minimum Gasteiger partial charge on any atom is -0.477 e. The summed E-state index contributed by atoms with van der Waals surface area (Å²) in [5.74, 6) is -8.29. The van der Waals surface area contributed by atoms with Crippen LogP contribution < -0.4 is 5.32 Å². The lowest BCUT2D eigenvalue weighted by atomic mass is 10.1. The molecule has 0 unspecified atom stereocenters. The maximum Gasteiger partial charge on any atom is 0.412 e. The molecule has 1 amide bonds. The fraction of sp³-hybridized carbons (Fsp3) is 0.385. The molecule has 0 aromatic heterocycles. The van der Waals surface area contributed by atoms with E-state index in [4.69, 9.17) is 9.84 Å². The normalized spacial score (nSPS) is 11.9. The molecule has 1 rings (SSSR count). The number of alkyl halides is 2. The number of rotatable bonds is 3. The molecular formula is C13H14F3NO4. The first-order chi connectivity index (χ1) is 9.43. The summed E-state index contributed by atoms with van der Waals surface area (Å²) in [4.78, 5) is 21.9. The number of carbonyl (C=O) groups is 2. The van der Waals surface area contributed by atoms with Crippen molar-refractivity contribution in [1.29, 1.82) is 0 Å². The van der Waals surface area contributed by atoms with Gasteiger partial charge in [-0.3, -0.25) is 5.32 Å². The van der Waals surface area contributed by atoms with Crippen LogP contribution >= 0.6 is 0 Å². The van der Waals surface area contributed by atoms with E-state index >= 15 is 0 Å². The maximum absolute atomic E-state index is 13.3. The molecule has 0 aliphatic heterocycles. The molecule has 0 radical (unpaired) electrons. The molecule has 2 N–H and O–H groups in total. The van der Waals surface area contributed by atoms with Crippen molar-refractivity contribution < 1.29 is 32.6 Å². The van der Waals surface area contributed by atoms with Gasteiger partial charge >= 0.3 is 18.0 Å². The van der Waals surface area contributed by atoms with Gasteiger partial charge in [0.2, 0.25) is 0 Å². The lowest BCUT2D eigenvalue weighted by Crippen LogP contribution is -2.28. The molecule has 116 valence electrons. The lowest BCUT2D eigenvalue weighted by molar-refractivity contribution is -0.166. The number of anilines is 1. The summed E-state index contributed by atoms with van der Waals surface area (Å²) in [5.41, 5.74) is -2.36. The summed E-state index contributed by atoms with van der Waals surface area (Å²) in [6.07, 6.45) is -0.932. The Balaban J connectivity index is 3.03. The molecule has 0 aliphatic rings. The van der Waals surface area contributed by atoms with Crippen molar-refractivity contribution in [3.05, 3.63) is 29.6 Å². The number of carboxylic acid groups (broad SMARTS) is 1. The Morgan fingerprint density at radius 3 is 2.29 bits per heavy atom. The number of benzene rings is 1. The van der Waals surface area contributed by atoms with E-state index in [9.17, 15) is 22.8 Å². The second-order valence-corrected chi connectivity index (χ2v) is 5.20. The molecule has 0 bridgehead atoms. The van der Waals surface area contributed by atoms with Crippen LogP contribution in [0.25, 0.3) is 0 Å². The predicted molar refractivity (Wildman–Crippen MR) is 67.8 cm³/mol. The molecule has 1 aromatic rings. The van der Waals surface area contributed by atoms with Gasteiger partial charge in [0.25, 0.3) is 0 Å². The van der Waals surface area contributed by atoms with E-state index in [1.807, 2.05) is 0 Å². The summed E-state index contributed by atoms with van der Waals surface area (Å²) in [7, 11) is 0. The highest BCUT2D eigenvalue weighted by Crippen LogP contribution is 2.32. The topological polar surface area (TPSA) is 75.6 Å². The monoisotopic (exact) mass is 305 g/mol. The Bertz CT molecular complexity index is 567. The summed E-state index contributed by atoms with van der Waals surface area (Å²) in [5, 5.41) is 10.5. The van der Waals surface area contributed by atoms with E-state index in [0.29, 0.717) is 12.1 Å². The van der Waals surface area contributed by atoms with E-state index in [2.05, 4.69) is 5.32 Å². The summed E-state index contributed by atoms with van der Waals surface area (Å²) >= 11 is 0. The second kappa shape index (κ2) is 5.63. The van der Waals surface area contributed by atoms with Crippen LogP contribution in [-0.4, -0.2) is 22.8 Å². The van der Waals surface area contributed by atoms with E-state index in [0.717, 1.165) is 6.07 Å². The minimum absolute atomic E-state index is 0.207. The molecule has 0 atom stereocenters. The first-order valence-electron chi connectivity index (χ1n) is 5.85. The number of carbonyl (C=O) groups excluding carboxylic acids is 1. The van der Waals surface area contributed by atoms with Gasteiger partial charge in [-0.2, -0.15) is 8.78 Å². The average Bonchev–Trinajstić information content (AvgIpc) is 2.28. The van der Waals surface area contributed by atoms with Gasteiger partial charge < -0.3 is 9.84 Å². The van der Waals surface area contributed by atoms with Crippen molar-refractivity contribution in [3.63, 3.8) is 0 Å². The van der Waals surface area contributed by atoms with Crippen LogP contribution in [0, 0.1) is 5.82 Å². The molecular weight excluding hydrogens is 291 g/mol. The van der Waals surface area contributed by atoms with Crippen LogP contribution in [0.15, 0.2) is 18.2 Å². The van der Waals surface area contributed by atoms with Crippen molar-refractivity contribution in [2.75, 3.05) is 5.32 Å². The van der Waals surface area contributed by atoms with Crippen LogP contribution in [0.3, 0.4) is 0 Å². The highest BCUT2D eigenvalue weighted by molar-refractivity contribution is 5.85. The van der Waals surface area contributed by atoms with E-state index in [1.54, 1.807) is 20.8 Å². The standard InChI is InChI=1S/C13H14F3NO4/c1-12(2,3)21-11(20)17-7-4-5-9(14)8(6-7)13(15,16)10(18)19/h4-6H,1-3H3,(H,17,20)(H,18,19). The zero-order valence-corrected chi connectivity index (χ0v) is 11.5. The summed E-state index contributed by atoms with van der Waals surface area (Å²) in [6, 6.07) is 2.20. The van der Waals surface area contributed by atoms with E-state index in [1.165, 1.54) is 0 Å². The van der Waals surface area contributed by atoms with Crippen molar-refractivity contribution in [2.45, 2.75) is 32.3 Å². The molecule has 21 heavy (non-hydrogen) atoms. The van der Waals surface area contributed by atoms with Gasteiger partial charge in [0, 0.05) is 5.69 Å². The van der Waals surface area contributed by atoms with Gasteiger partial charge in [-0.25, -0.2) is 14.0 Å². The molecule has 0 fully saturated rings. The number of hydrogen-bond acceptors (Lipinski definition) is 3. The first kappa shape index (κ1) is 16.8. The number of ether oxygens (including phenoxy) is 1. The van der Waals surface area contributed by atoms with Gasteiger partial charge in [-0.1, -0.05) is 0 Å². The zero-order chi connectivity index (χ0) is 16.4. The zero-order valence-electron chi connectivity index (χ0n) is 11.5. The summed E-state index contributed by atoms with van der Waals surface area (Å²) < 4.78 is 44.9. The molecule has 8 heteroatoms. The molecule has 5 nitrogen and oxygen atoms in total. The van der Waals surface area contributed by atoms with Gasteiger partial charge in [0.05, 0.1) is 5.56 Å². The van der Waals surface area contributed by atoms with Crippen molar-refractivity contribution in [1.82, 2.24) is 0 Å². The Morgan fingerprint density at radius 2 is 1.81 bits per heavy atom. The smallest absolute Gasteiger partial charge is 0.412 e. The first-order valence-corrected chi connectivity index (χ1v) is 5.85. The average molecular weight is 305 g/mol. The Kier molecular flexibility index (Phi) is 4.50.